The molecule has 3 aromatic carbocycles. The first-order valence-electron chi connectivity index (χ1n) is 13.7. The highest BCUT2D eigenvalue weighted by molar-refractivity contribution is 6.51. The Bertz CT molecular complexity index is 1400. The van der Waals surface area contributed by atoms with Gasteiger partial charge in [-0.05, 0) is 85.5 Å². The summed E-state index contributed by atoms with van der Waals surface area (Å²) in [5.74, 6) is -0.753. The van der Waals surface area contributed by atoms with Gasteiger partial charge in [-0.1, -0.05) is 26.0 Å². The van der Waals surface area contributed by atoms with Crippen molar-refractivity contribution in [2.24, 2.45) is 0 Å². The van der Waals surface area contributed by atoms with E-state index in [-0.39, 0.29) is 17.3 Å². The molecule has 0 spiro atoms. The summed E-state index contributed by atoms with van der Waals surface area (Å²) in [5, 5.41) is 11.6. The number of nitrogens with zero attached hydrogens (tertiary/aromatic N) is 3. The largest absolute Gasteiger partial charge is 0.507 e. The first-order chi connectivity index (χ1) is 19.1. The standard InChI is InChI=1S/C33H39N3O4/c1-8-35(9-2)25-15-17-26(18-16-25)36-30(22-10-13-24(14-11-22)34(5)6)29(32(38)33(36)39)31(37)23-12-19-28(40-7)27(20-23)21(3)4/h10-21,30,37H,8-9H2,1-7H3/b31-29-. The normalized spacial score (nSPS) is 16.5. The van der Waals surface area contributed by atoms with Gasteiger partial charge in [-0.15, -0.1) is 0 Å². The van der Waals surface area contributed by atoms with Gasteiger partial charge in [0.2, 0.25) is 0 Å². The highest BCUT2D eigenvalue weighted by atomic mass is 16.5. The van der Waals surface area contributed by atoms with Crippen LogP contribution in [0.15, 0.2) is 72.3 Å². The van der Waals surface area contributed by atoms with E-state index in [0.717, 1.165) is 35.6 Å². The summed E-state index contributed by atoms with van der Waals surface area (Å²) in [5.41, 5.74) is 4.79. The minimum Gasteiger partial charge on any atom is -0.507 e. The predicted octanol–water partition coefficient (Wildman–Crippen LogP) is 6.36. The molecule has 0 bridgehead atoms. The monoisotopic (exact) mass is 541 g/mol. The topological polar surface area (TPSA) is 73.3 Å². The maximum Gasteiger partial charge on any atom is 0.300 e. The molecule has 1 fully saturated rings. The minimum absolute atomic E-state index is 0.0651. The zero-order valence-corrected chi connectivity index (χ0v) is 24.4. The fourth-order valence-corrected chi connectivity index (χ4v) is 5.27. The molecule has 1 unspecified atom stereocenters. The summed E-state index contributed by atoms with van der Waals surface area (Å²) < 4.78 is 5.51. The third-order valence-corrected chi connectivity index (χ3v) is 7.55. The van der Waals surface area contributed by atoms with Gasteiger partial charge in [-0.3, -0.25) is 14.5 Å². The van der Waals surface area contributed by atoms with Gasteiger partial charge in [0.25, 0.3) is 11.7 Å². The number of carbonyl (C=O) groups is 2. The van der Waals surface area contributed by atoms with Crippen LogP contribution in [0.5, 0.6) is 5.75 Å². The maximum atomic E-state index is 13.6. The lowest BCUT2D eigenvalue weighted by Crippen LogP contribution is -2.29. The van der Waals surface area contributed by atoms with Crippen LogP contribution in [-0.4, -0.2) is 51.1 Å². The molecule has 0 radical (unpaired) electrons. The Morgan fingerprint density at radius 1 is 0.925 bits per heavy atom. The van der Waals surface area contributed by atoms with E-state index < -0.39 is 17.7 Å². The molecule has 40 heavy (non-hydrogen) atoms. The van der Waals surface area contributed by atoms with E-state index in [1.54, 1.807) is 19.2 Å². The van der Waals surface area contributed by atoms with E-state index in [2.05, 4.69) is 18.7 Å². The van der Waals surface area contributed by atoms with Crippen LogP contribution < -0.4 is 19.4 Å². The number of Topliss-reactive ketones (excluding diaryl/α,β-unsaturated/α-hetero) is 1. The molecular weight excluding hydrogens is 502 g/mol. The van der Waals surface area contributed by atoms with Gasteiger partial charge < -0.3 is 19.6 Å². The predicted molar refractivity (Wildman–Crippen MR) is 163 cm³/mol. The van der Waals surface area contributed by atoms with E-state index in [1.807, 2.05) is 87.4 Å². The first kappa shape index (κ1) is 28.7. The maximum absolute atomic E-state index is 13.6. The zero-order valence-electron chi connectivity index (χ0n) is 24.4. The van der Waals surface area contributed by atoms with E-state index in [9.17, 15) is 14.7 Å². The van der Waals surface area contributed by atoms with Crippen LogP contribution in [0, 0.1) is 0 Å². The van der Waals surface area contributed by atoms with Crippen LogP contribution >= 0.6 is 0 Å². The summed E-state index contributed by atoms with van der Waals surface area (Å²) in [7, 11) is 5.51. The van der Waals surface area contributed by atoms with Crippen molar-refractivity contribution in [1.29, 1.82) is 0 Å². The van der Waals surface area contributed by atoms with Crippen molar-refractivity contribution in [3.63, 3.8) is 0 Å². The van der Waals surface area contributed by atoms with Gasteiger partial charge in [0.15, 0.2) is 0 Å². The molecule has 210 valence electrons. The van der Waals surface area contributed by atoms with Crippen LogP contribution in [0.4, 0.5) is 17.1 Å². The lowest BCUT2D eigenvalue weighted by Gasteiger charge is -2.27. The fraction of sp³-hybridized carbons (Fsp3) is 0.333. The minimum atomic E-state index is -0.792. The molecule has 7 nitrogen and oxygen atoms in total. The molecule has 1 saturated heterocycles. The fourth-order valence-electron chi connectivity index (χ4n) is 5.27. The summed E-state index contributed by atoms with van der Waals surface area (Å²) in [6.45, 7) is 9.98. The lowest BCUT2D eigenvalue weighted by atomic mass is 9.93. The van der Waals surface area contributed by atoms with Crippen LogP contribution in [-0.2, 0) is 9.59 Å². The second-order valence-electron chi connectivity index (χ2n) is 10.5. The number of ether oxygens (including phenoxy) is 1. The van der Waals surface area contributed by atoms with Crippen molar-refractivity contribution in [3.8, 4) is 5.75 Å². The quantitative estimate of drug-likeness (QED) is 0.193. The van der Waals surface area contributed by atoms with Gasteiger partial charge in [-0.2, -0.15) is 0 Å². The summed E-state index contributed by atoms with van der Waals surface area (Å²) in [6.07, 6.45) is 0. The molecule has 0 saturated carbocycles. The number of hydrogen-bond acceptors (Lipinski definition) is 6. The number of amides is 1. The van der Waals surface area contributed by atoms with Crippen molar-refractivity contribution in [3.05, 3.63) is 89.0 Å². The zero-order chi connectivity index (χ0) is 29.1. The van der Waals surface area contributed by atoms with Gasteiger partial charge in [0.1, 0.15) is 11.5 Å². The van der Waals surface area contributed by atoms with Crippen molar-refractivity contribution in [1.82, 2.24) is 0 Å². The smallest absolute Gasteiger partial charge is 0.300 e. The van der Waals surface area contributed by atoms with Crippen molar-refractivity contribution in [2.45, 2.75) is 39.7 Å². The molecule has 4 rings (SSSR count). The average Bonchev–Trinajstić information content (AvgIpc) is 3.23. The Hall–Kier alpha value is -4.26. The highest BCUT2D eigenvalue weighted by Crippen LogP contribution is 2.43. The summed E-state index contributed by atoms with van der Waals surface area (Å²) in [6, 6.07) is 19.9. The molecule has 1 heterocycles. The number of benzene rings is 3. The Labute approximate surface area is 237 Å². The number of hydrogen-bond donors (Lipinski definition) is 1. The Kier molecular flexibility index (Phi) is 8.52. The molecule has 1 aliphatic heterocycles. The number of carbonyl (C=O) groups excluding carboxylic acids is 2. The second kappa shape index (κ2) is 11.9. The van der Waals surface area contributed by atoms with E-state index in [4.69, 9.17) is 4.74 Å². The van der Waals surface area contributed by atoms with Crippen molar-refractivity contribution < 1.29 is 19.4 Å². The van der Waals surface area contributed by atoms with Crippen LogP contribution in [0.2, 0.25) is 0 Å². The van der Waals surface area contributed by atoms with E-state index in [0.29, 0.717) is 17.0 Å². The molecular formula is C33H39N3O4. The molecule has 1 atom stereocenters. The van der Waals surface area contributed by atoms with Gasteiger partial charge in [0, 0.05) is 49.8 Å². The lowest BCUT2D eigenvalue weighted by molar-refractivity contribution is -0.132. The Morgan fingerprint density at radius 2 is 1.52 bits per heavy atom. The van der Waals surface area contributed by atoms with Gasteiger partial charge in [-0.25, -0.2) is 0 Å². The van der Waals surface area contributed by atoms with Crippen LogP contribution in [0.25, 0.3) is 5.76 Å². The number of ketones is 1. The molecule has 1 amide bonds. The average molecular weight is 542 g/mol. The number of anilines is 3. The Morgan fingerprint density at radius 3 is 2.05 bits per heavy atom. The molecule has 7 heteroatoms. The molecule has 1 N–H and O–H groups in total. The van der Waals surface area contributed by atoms with Crippen molar-refractivity contribution >= 4 is 34.5 Å². The molecule has 0 aromatic heterocycles. The van der Waals surface area contributed by atoms with Gasteiger partial charge >= 0.3 is 0 Å². The van der Waals surface area contributed by atoms with E-state index in [1.165, 1.54) is 4.90 Å². The molecule has 1 aliphatic rings. The summed E-state index contributed by atoms with van der Waals surface area (Å²) >= 11 is 0. The molecule has 0 aliphatic carbocycles. The number of aliphatic hydroxyl groups excluding tert-OH is 1. The number of methoxy groups -OCH3 is 1. The van der Waals surface area contributed by atoms with Crippen molar-refractivity contribution in [2.75, 3.05) is 49.0 Å². The summed E-state index contributed by atoms with van der Waals surface area (Å²) in [4.78, 5) is 32.9. The molecule has 3 aromatic rings. The SMILES string of the molecule is CCN(CC)c1ccc(N2C(=O)C(=O)/C(=C(\O)c3ccc(OC)c(C(C)C)c3)C2c2ccc(N(C)C)cc2)cc1. The van der Waals surface area contributed by atoms with E-state index >= 15 is 0 Å². The van der Waals surface area contributed by atoms with Crippen LogP contribution in [0.3, 0.4) is 0 Å². The Balaban J connectivity index is 1.90. The van der Waals surface area contributed by atoms with Gasteiger partial charge in [0.05, 0.1) is 18.7 Å². The highest BCUT2D eigenvalue weighted by Gasteiger charge is 2.47. The third-order valence-electron chi connectivity index (χ3n) is 7.55. The third kappa shape index (κ3) is 5.28. The first-order valence-corrected chi connectivity index (χ1v) is 13.7. The number of rotatable bonds is 9. The number of aliphatic hydroxyl groups is 1. The van der Waals surface area contributed by atoms with Crippen LogP contribution in [0.1, 0.15) is 56.3 Å². The second-order valence-corrected chi connectivity index (χ2v) is 10.5.